The molecule has 2 fully saturated rings. The molecule has 2 aliphatic rings. The first-order valence-corrected chi connectivity index (χ1v) is 10.7. The second-order valence-electron chi connectivity index (χ2n) is 8.42. The second-order valence-corrected chi connectivity index (χ2v) is 8.86. The van der Waals surface area contributed by atoms with Gasteiger partial charge >= 0.3 is 5.97 Å². The summed E-state index contributed by atoms with van der Waals surface area (Å²) >= 11 is 5.86. The van der Waals surface area contributed by atoms with E-state index in [1.54, 1.807) is 18.5 Å². The number of hydrogen-bond donors (Lipinski definition) is 1. The Morgan fingerprint density at radius 2 is 1.97 bits per heavy atom. The minimum absolute atomic E-state index is 0.172. The molecule has 0 bridgehead atoms. The Balaban J connectivity index is 1.18. The maximum absolute atomic E-state index is 13.9. The van der Waals surface area contributed by atoms with Crippen molar-refractivity contribution in [1.82, 2.24) is 9.97 Å². The standard InChI is InChI=1S/C22H25ClFN3O3/c23-17-13-25-21(26-14-17)27-6-4-22(5-7-27)11-15(12-22)3-8-30-18-2-1-16(9-20(28)29)19(24)10-18/h1-2,10,13-15H,3-9,11-12H2,(H,28,29). The van der Waals surface area contributed by atoms with Crippen LogP contribution in [0.2, 0.25) is 5.02 Å². The number of aliphatic carboxylic acids is 1. The molecule has 2 aromatic rings. The van der Waals surface area contributed by atoms with E-state index in [9.17, 15) is 9.18 Å². The van der Waals surface area contributed by atoms with Crippen LogP contribution in [0, 0.1) is 17.2 Å². The molecule has 30 heavy (non-hydrogen) atoms. The molecule has 4 rings (SSSR count). The number of aromatic nitrogens is 2. The Morgan fingerprint density at radius 1 is 1.27 bits per heavy atom. The van der Waals surface area contributed by atoms with Gasteiger partial charge in [-0.3, -0.25) is 4.79 Å². The number of ether oxygens (including phenoxy) is 1. The highest BCUT2D eigenvalue weighted by atomic mass is 35.5. The molecule has 0 atom stereocenters. The minimum Gasteiger partial charge on any atom is -0.493 e. The van der Waals surface area contributed by atoms with Crippen LogP contribution in [-0.4, -0.2) is 40.7 Å². The third-order valence-corrected chi connectivity index (χ3v) is 6.51. The maximum Gasteiger partial charge on any atom is 0.307 e. The number of halogens is 2. The number of piperidine rings is 1. The Morgan fingerprint density at radius 3 is 2.60 bits per heavy atom. The van der Waals surface area contributed by atoms with Gasteiger partial charge in [0.1, 0.15) is 11.6 Å². The van der Waals surface area contributed by atoms with Crippen LogP contribution in [-0.2, 0) is 11.2 Å². The van der Waals surface area contributed by atoms with Gasteiger partial charge in [0.2, 0.25) is 5.95 Å². The summed E-state index contributed by atoms with van der Waals surface area (Å²) in [5, 5.41) is 9.32. The summed E-state index contributed by atoms with van der Waals surface area (Å²) in [5.74, 6) is 0.258. The first kappa shape index (κ1) is 20.8. The van der Waals surface area contributed by atoms with Crippen LogP contribution in [0.1, 0.15) is 37.7 Å². The van der Waals surface area contributed by atoms with Crippen molar-refractivity contribution in [2.24, 2.45) is 11.3 Å². The first-order chi connectivity index (χ1) is 14.4. The number of carboxylic acid groups (broad SMARTS) is 1. The van der Waals surface area contributed by atoms with E-state index in [0.29, 0.717) is 28.7 Å². The van der Waals surface area contributed by atoms with Crippen LogP contribution < -0.4 is 9.64 Å². The minimum atomic E-state index is -1.05. The van der Waals surface area contributed by atoms with Crippen molar-refractivity contribution >= 4 is 23.5 Å². The van der Waals surface area contributed by atoms with E-state index in [1.165, 1.54) is 25.0 Å². The summed E-state index contributed by atoms with van der Waals surface area (Å²) < 4.78 is 19.6. The van der Waals surface area contributed by atoms with Crippen LogP contribution >= 0.6 is 11.6 Å². The molecule has 1 saturated carbocycles. The van der Waals surface area contributed by atoms with Crippen molar-refractivity contribution in [3.8, 4) is 5.75 Å². The molecule has 1 aromatic heterocycles. The van der Waals surface area contributed by atoms with E-state index in [4.69, 9.17) is 21.4 Å². The largest absolute Gasteiger partial charge is 0.493 e. The number of carboxylic acids is 1. The Kier molecular flexibility index (Phi) is 6.09. The molecule has 2 heterocycles. The number of anilines is 1. The lowest BCUT2D eigenvalue weighted by atomic mass is 9.57. The summed E-state index contributed by atoms with van der Waals surface area (Å²) in [6, 6.07) is 4.39. The molecule has 8 heteroatoms. The van der Waals surface area contributed by atoms with Crippen LogP contribution in [0.25, 0.3) is 0 Å². The molecule has 1 aliphatic heterocycles. The molecule has 0 unspecified atom stereocenters. The lowest BCUT2D eigenvalue weighted by molar-refractivity contribution is -0.136. The highest BCUT2D eigenvalue weighted by molar-refractivity contribution is 6.30. The third-order valence-electron chi connectivity index (χ3n) is 6.32. The molecule has 0 radical (unpaired) electrons. The molecule has 1 spiro atoms. The van der Waals surface area contributed by atoms with Gasteiger partial charge in [-0.05, 0) is 55.1 Å². The summed E-state index contributed by atoms with van der Waals surface area (Å²) in [6.07, 6.45) is 8.61. The second kappa shape index (κ2) is 8.76. The highest BCUT2D eigenvalue weighted by Gasteiger charge is 2.45. The Labute approximate surface area is 180 Å². The number of carbonyl (C=O) groups is 1. The average Bonchev–Trinajstić information content (AvgIpc) is 2.69. The molecular formula is C22H25ClFN3O3. The highest BCUT2D eigenvalue weighted by Crippen LogP contribution is 2.53. The molecule has 1 N–H and O–H groups in total. The topological polar surface area (TPSA) is 75.6 Å². The van der Waals surface area contributed by atoms with Gasteiger partial charge in [-0.2, -0.15) is 0 Å². The average molecular weight is 434 g/mol. The fourth-order valence-corrected chi connectivity index (χ4v) is 4.79. The van der Waals surface area contributed by atoms with Crippen molar-refractivity contribution in [2.45, 2.75) is 38.5 Å². The molecule has 1 aromatic carbocycles. The van der Waals surface area contributed by atoms with Gasteiger partial charge in [-0.15, -0.1) is 0 Å². The van der Waals surface area contributed by atoms with E-state index in [2.05, 4.69) is 14.9 Å². The molecule has 160 valence electrons. The van der Waals surface area contributed by atoms with Gasteiger partial charge in [0.05, 0.1) is 30.4 Å². The Bertz CT molecular complexity index is 893. The van der Waals surface area contributed by atoms with Gasteiger partial charge in [-0.1, -0.05) is 17.7 Å². The smallest absolute Gasteiger partial charge is 0.307 e. The summed E-state index contributed by atoms with van der Waals surface area (Å²) in [4.78, 5) is 21.6. The van der Waals surface area contributed by atoms with E-state index < -0.39 is 11.8 Å². The number of rotatable bonds is 7. The number of hydrogen-bond acceptors (Lipinski definition) is 5. The Hall–Kier alpha value is -2.41. The van der Waals surface area contributed by atoms with Crippen molar-refractivity contribution in [2.75, 3.05) is 24.6 Å². The summed E-state index contributed by atoms with van der Waals surface area (Å²) in [5.41, 5.74) is 0.601. The lowest BCUT2D eigenvalue weighted by Gasteiger charge is -2.52. The van der Waals surface area contributed by atoms with Crippen LogP contribution in [0.15, 0.2) is 30.6 Å². The van der Waals surface area contributed by atoms with Gasteiger partial charge in [0.25, 0.3) is 0 Å². The van der Waals surface area contributed by atoms with Crippen LogP contribution in [0.3, 0.4) is 0 Å². The van der Waals surface area contributed by atoms with E-state index in [-0.39, 0.29) is 12.0 Å². The summed E-state index contributed by atoms with van der Waals surface area (Å²) in [6.45, 7) is 2.48. The monoisotopic (exact) mass is 433 g/mol. The predicted molar refractivity (Wildman–Crippen MR) is 111 cm³/mol. The fourth-order valence-electron chi connectivity index (χ4n) is 4.69. The summed E-state index contributed by atoms with van der Waals surface area (Å²) in [7, 11) is 0. The third kappa shape index (κ3) is 4.83. The molecule has 0 amide bonds. The normalized spacial score (nSPS) is 18.3. The van der Waals surface area contributed by atoms with E-state index >= 15 is 0 Å². The zero-order chi connectivity index (χ0) is 21.1. The van der Waals surface area contributed by atoms with E-state index in [0.717, 1.165) is 38.3 Å². The van der Waals surface area contributed by atoms with Crippen molar-refractivity contribution in [3.05, 3.63) is 47.0 Å². The van der Waals surface area contributed by atoms with Crippen molar-refractivity contribution < 1.29 is 19.0 Å². The SMILES string of the molecule is O=C(O)Cc1ccc(OCCC2CC3(CCN(c4ncc(Cl)cn4)CC3)C2)cc1F. The lowest BCUT2D eigenvalue weighted by Crippen LogP contribution is -2.47. The van der Waals surface area contributed by atoms with E-state index in [1.807, 2.05) is 0 Å². The molecule has 1 saturated heterocycles. The van der Waals surface area contributed by atoms with Crippen LogP contribution in [0.4, 0.5) is 10.3 Å². The quantitative estimate of drug-likeness (QED) is 0.699. The molecular weight excluding hydrogens is 409 g/mol. The predicted octanol–water partition coefficient (Wildman–Crippen LogP) is 4.36. The zero-order valence-electron chi connectivity index (χ0n) is 16.7. The van der Waals surface area contributed by atoms with Crippen LogP contribution in [0.5, 0.6) is 5.75 Å². The van der Waals surface area contributed by atoms with Gasteiger partial charge in [0.15, 0.2) is 0 Å². The maximum atomic E-state index is 13.9. The molecule has 6 nitrogen and oxygen atoms in total. The van der Waals surface area contributed by atoms with Gasteiger partial charge in [0, 0.05) is 19.2 Å². The first-order valence-electron chi connectivity index (χ1n) is 10.3. The van der Waals surface area contributed by atoms with Crippen molar-refractivity contribution in [3.63, 3.8) is 0 Å². The fraction of sp³-hybridized carbons (Fsp3) is 0.500. The molecule has 1 aliphatic carbocycles. The van der Waals surface area contributed by atoms with Crippen molar-refractivity contribution in [1.29, 1.82) is 0 Å². The number of benzene rings is 1. The zero-order valence-corrected chi connectivity index (χ0v) is 17.4. The van der Waals surface area contributed by atoms with Gasteiger partial charge < -0.3 is 14.7 Å². The number of nitrogens with zero attached hydrogens (tertiary/aromatic N) is 3. The van der Waals surface area contributed by atoms with Gasteiger partial charge in [-0.25, -0.2) is 14.4 Å².